The topological polar surface area (TPSA) is 46.6 Å². The van der Waals surface area contributed by atoms with Gasteiger partial charge in [0.2, 0.25) is 0 Å². The molecule has 0 aromatic rings. The van der Waals surface area contributed by atoms with Gasteiger partial charge in [-0.25, -0.2) is 8.42 Å². The van der Waals surface area contributed by atoms with Crippen LogP contribution in [-0.4, -0.2) is 55.7 Å². The van der Waals surface area contributed by atoms with Crippen molar-refractivity contribution in [2.75, 3.05) is 26.7 Å². The van der Waals surface area contributed by atoms with Crippen LogP contribution in [0.2, 0.25) is 0 Å². The van der Waals surface area contributed by atoms with Gasteiger partial charge in [-0.15, -0.1) is 0 Å². The molecule has 0 bridgehead atoms. The Balaban J connectivity index is 2.13. The summed E-state index contributed by atoms with van der Waals surface area (Å²) in [6.45, 7) is 12.2. The normalized spacial score (nSPS) is 24.5. The molecule has 1 aliphatic carbocycles. The van der Waals surface area contributed by atoms with Crippen LogP contribution in [0.5, 0.6) is 0 Å². The molecule has 2 aliphatic rings. The molecule has 1 aliphatic heterocycles. The smallest absolute Gasteiger partial charge is 0.162 e. The minimum Gasteiger partial charge on any atom is -0.379 e. The zero-order valence-corrected chi connectivity index (χ0v) is 14.5. The SMILES string of the molecule is COC1CN(CC(C)(C)S(=O)(=O)C2(C(C)(C)C)CC2)C1. The van der Waals surface area contributed by atoms with Gasteiger partial charge < -0.3 is 4.74 Å². The summed E-state index contributed by atoms with van der Waals surface area (Å²) in [6.07, 6.45) is 1.89. The van der Waals surface area contributed by atoms with E-state index in [1.165, 1.54) is 0 Å². The number of ether oxygens (including phenoxy) is 1. The highest BCUT2D eigenvalue weighted by atomic mass is 32.2. The average Bonchev–Trinajstić information content (AvgIpc) is 3.02. The average molecular weight is 303 g/mol. The Kier molecular flexibility index (Phi) is 3.80. The van der Waals surface area contributed by atoms with Crippen LogP contribution >= 0.6 is 0 Å². The number of hydrogen-bond acceptors (Lipinski definition) is 4. The standard InChI is InChI=1S/C15H29NO3S/c1-13(2,3)15(7-8-15)20(17,18)14(4,5)11-16-9-12(10-16)19-6/h12H,7-11H2,1-6H3. The summed E-state index contributed by atoms with van der Waals surface area (Å²) < 4.78 is 30.3. The van der Waals surface area contributed by atoms with Crippen molar-refractivity contribution in [3.63, 3.8) is 0 Å². The molecule has 0 atom stereocenters. The highest BCUT2D eigenvalue weighted by Gasteiger charge is 2.65. The van der Waals surface area contributed by atoms with E-state index in [1.54, 1.807) is 7.11 Å². The Morgan fingerprint density at radius 2 is 1.65 bits per heavy atom. The molecule has 1 saturated carbocycles. The van der Waals surface area contributed by atoms with Crippen LogP contribution in [0.25, 0.3) is 0 Å². The van der Waals surface area contributed by atoms with Crippen molar-refractivity contribution >= 4 is 9.84 Å². The lowest BCUT2D eigenvalue weighted by atomic mass is 9.89. The third kappa shape index (κ3) is 2.32. The second-order valence-corrected chi connectivity index (χ2v) is 11.0. The predicted molar refractivity (Wildman–Crippen MR) is 81.7 cm³/mol. The number of methoxy groups -OCH3 is 1. The van der Waals surface area contributed by atoms with E-state index in [9.17, 15) is 8.42 Å². The lowest BCUT2D eigenvalue weighted by Gasteiger charge is -2.44. The van der Waals surface area contributed by atoms with Crippen LogP contribution in [0.3, 0.4) is 0 Å². The van der Waals surface area contributed by atoms with Gasteiger partial charge in [0.05, 0.1) is 15.6 Å². The molecule has 1 heterocycles. The van der Waals surface area contributed by atoms with Crippen molar-refractivity contribution < 1.29 is 13.2 Å². The highest BCUT2D eigenvalue weighted by molar-refractivity contribution is 7.94. The highest BCUT2D eigenvalue weighted by Crippen LogP contribution is 2.58. The molecule has 0 spiro atoms. The number of hydrogen-bond donors (Lipinski definition) is 0. The Hall–Kier alpha value is -0.130. The molecule has 0 N–H and O–H groups in total. The van der Waals surface area contributed by atoms with Crippen LogP contribution in [0, 0.1) is 5.41 Å². The first-order chi connectivity index (χ1) is 8.97. The zero-order valence-electron chi connectivity index (χ0n) is 13.7. The Morgan fingerprint density at radius 3 is 2.00 bits per heavy atom. The zero-order chi connectivity index (χ0) is 15.4. The van der Waals surface area contributed by atoms with Gasteiger partial charge >= 0.3 is 0 Å². The van der Waals surface area contributed by atoms with E-state index in [0.717, 1.165) is 25.9 Å². The van der Waals surface area contributed by atoms with Crippen LogP contribution in [0.1, 0.15) is 47.5 Å². The van der Waals surface area contributed by atoms with Gasteiger partial charge in [0.25, 0.3) is 0 Å². The Bertz CT molecular complexity index is 466. The molecular weight excluding hydrogens is 274 g/mol. The lowest BCUT2D eigenvalue weighted by Crippen LogP contribution is -2.59. The number of likely N-dealkylation sites (tertiary alicyclic amines) is 1. The fourth-order valence-electron chi connectivity index (χ4n) is 3.49. The molecule has 0 radical (unpaired) electrons. The molecule has 2 fully saturated rings. The van der Waals surface area contributed by atoms with Gasteiger partial charge in [-0.2, -0.15) is 0 Å². The van der Waals surface area contributed by atoms with Crippen molar-refractivity contribution in [1.29, 1.82) is 0 Å². The van der Waals surface area contributed by atoms with Gasteiger partial charge in [0, 0.05) is 26.7 Å². The number of sulfone groups is 1. The van der Waals surface area contributed by atoms with Crippen molar-refractivity contribution in [1.82, 2.24) is 4.90 Å². The van der Waals surface area contributed by atoms with Crippen molar-refractivity contribution in [3.8, 4) is 0 Å². The molecule has 0 amide bonds. The first-order valence-electron chi connectivity index (χ1n) is 7.46. The van der Waals surface area contributed by atoms with E-state index in [1.807, 2.05) is 13.8 Å². The number of nitrogens with zero attached hydrogens (tertiary/aromatic N) is 1. The fourth-order valence-corrected chi connectivity index (χ4v) is 6.34. The first-order valence-corrected chi connectivity index (χ1v) is 8.94. The maximum absolute atomic E-state index is 13.2. The summed E-state index contributed by atoms with van der Waals surface area (Å²) in [7, 11) is -1.45. The minimum absolute atomic E-state index is 0.187. The van der Waals surface area contributed by atoms with Crippen LogP contribution in [-0.2, 0) is 14.6 Å². The first kappa shape index (κ1) is 16.2. The molecule has 20 heavy (non-hydrogen) atoms. The summed E-state index contributed by atoms with van der Waals surface area (Å²) in [5, 5.41) is 0. The quantitative estimate of drug-likeness (QED) is 0.780. The summed E-state index contributed by atoms with van der Waals surface area (Å²) in [5.74, 6) is 0. The maximum Gasteiger partial charge on any atom is 0.162 e. The van der Waals surface area contributed by atoms with Gasteiger partial charge in [0.15, 0.2) is 9.84 Å². The van der Waals surface area contributed by atoms with Gasteiger partial charge in [-0.3, -0.25) is 4.90 Å². The van der Waals surface area contributed by atoms with E-state index < -0.39 is 19.3 Å². The van der Waals surface area contributed by atoms with E-state index in [2.05, 4.69) is 25.7 Å². The molecule has 2 rings (SSSR count). The van der Waals surface area contributed by atoms with Crippen LogP contribution in [0.4, 0.5) is 0 Å². The largest absolute Gasteiger partial charge is 0.379 e. The summed E-state index contributed by atoms with van der Waals surface area (Å²) in [6, 6.07) is 0. The Morgan fingerprint density at radius 1 is 1.15 bits per heavy atom. The van der Waals surface area contributed by atoms with Gasteiger partial charge in [-0.1, -0.05) is 20.8 Å². The second-order valence-electron chi connectivity index (χ2n) is 8.06. The summed E-state index contributed by atoms with van der Waals surface area (Å²) in [4.78, 5) is 2.18. The van der Waals surface area contributed by atoms with E-state index in [-0.39, 0.29) is 11.5 Å². The van der Waals surface area contributed by atoms with Gasteiger partial charge in [-0.05, 0) is 32.1 Å². The maximum atomic E-state index is 13.2. The van der Waals surface area contributed by atoms with E-state index >= 15 is 0 Å². The lowest BCUT2D eigenvalue weighted by molar-refractivity contribution is -0.0322. The van der Waals surface area contributed by atoms with Crippen LogP contribution in [0.15, 0.2) is 0 Å². The minimum atomic E-state index is -3.16. The third-order valence-electron chi connectivity index (χ3n) is 5.17. The monoisotopic (exact) mass is 303 g/mol. The summed E-state index contributed by atoms with van der Waals surface area (Å²) >= 11 is 0. The third-order valence-corrected chi connectivity index (χ3v) is 8.81. The van der Waals surface area contributed by atoms with Gasteiger partial charge in [0.1, 0.15) is 0 Å². The molecule has 0 aromatic heterocycles. The summed E-state index contributed by atoms with van der Waals surface area (Å²) in [5.41, 5.74) is -0.187. The van der Waals surface area contributed by atoms with E-state index in [4.69, 9.17) is 4.74 Å². The molecule has 118 valence electrons. The number of rotatable bonds is 5. The van der Waals surface area contributed by atoms with E-state index in [0.29, 0.717) is 6.54 Å². The molecule has 4 nitrogen and oxygen atoms in total. The Labute approximate surface area is 123 Å². The van der Waals surface area contributed by atoms with Crippen molar-refractivity contribution in [2.45, 2.75) is 63.1 Å². The molecule has 1 saturated heterocycles. The second kappa shape index (κ2) is 4.68. The van der Waals surface area contributed by atoms with Crippen molar-refractivity contribution in [3.05, 3.63) is 0 Å². The fraction of sp³-hybridized carbons (Fsp3) is 1.00. The molecular formula is C15H29NO3S. The van der Waals surface area contributed by atoms with Crippen molar-refractivity contribution in [2.24, 2.45) is 5.41 Å². The predicted octanol–water partition coefficient (Wildman–Crippen LogP) is 2.09. The molecule has 0 unspecified atom stereocenters. The van der Waals surface area contributed by atoms with Crippen LogP contribution < -0.4 is 0 Å². The molecule has 5 heteroatoms. The molecule has 0 aromatic carbocycles.